The topological polar surface area (TPSA) is 49.3 Å². The van der Waals surface area contributed by atoms with Gasteiger partial charge in [0.15, 0.2) is 0 Å². The summed E-state index contributed by atoms with van der Waals surface area (Å²) >= 11 is 11.7. The van der Waals surface area contributed by atoms with Gasteiger partial charge in [0.05, 0.1) is 10.7 Å². The molecule has 5 heteroatoms. The van der Waals surface area contributed by atoms with Crippen LogP contribution in [-0.2, 0) is 0 Å². The Hall–Kier alpha value is -1.71. The summed E-state index contributed by atoms with van der Waals surface area (Å²) < 4.78 is 0. The molecule has 1 amide bonds. The number of nitrogens with one attached hydrogen (secondary N) is 1. The van der Waals surface area contributed by atoms with E-state index >= 15 is 0 Å². The van der Waals surface area contributed by atoms with Crippen molar-refractivity contribution in [3.05, 3.63) is 58.1 Å². The van der Waals surface area contributed by atoms with Gasteiger partial charge in [0, 0.05) is 16.7 Å². The van der Waals surface area contributed by atoms with Gasteiger partial charge in [0.1, 0.15) is 5.75 Å². The maximum atomic E-state index is 11.9. The van der Waals surface area contributed by atoms with Crippen molar-refractivity contribution in [3.63, 3.8) is 0 Å². The first-order valence-corrected chi connectivity index (χ1v) is 5.87. The van der Waals surface area contributed by atoms with Crippen molar-refractivity contribution in [2.75, 3.05) is 5.32 Å². The Morgan fingerprint density at radius 1 is 1.11 bits per heavy atom. The summed E-state index contributed by atoms with van der Waals surface area (Å²) in [4.78, 5) is 11.9. The summed E-state index contributed by atoms with van der Waals surface area (Å²) in [7, 11) is 0. The third-order valence-corrected chi connectivity index (χ3v) is 2.84. The van der Waals surface area contributed by atoms with Crippen molar-refractivity contribution in [2.24, 2.45) is 0 Å². The molecule has 0 saturated heterocycles. The van der Waals surface area contributed by atoms with Gasteiger partial charge < -0.3 is 10.4 Å². The van der Waals surface area contributed by atoms with Gasteiger partial charge in [-0.25, -0.2) is 0 Å². The highest BCUT2D eigenvalue weighted by atomic mass is 35.5. The molecule has 0 saturated carbocycles. The van der Waals surface area contributed by atoms with Gasteiger partial charge in [-0.1, -0.05) is 29.3 Å². The van der Waals surface area contributed by atoms with Crippen LogP contribution in [0, 0.1) is 0 Å². The number of rotatable bonds is 2. The molecule has 2 rings (SSSR count). The van der Waals surface area contributed by atoms with Crippen molar-refractivity contribution in [3.8, 4) is 5.75 Å². The van der Waals surface area contributed by atoms with E-state index in [1.54, 1.807) is 24.3 Å². The van der Waals surface area contributed by atoms with Crippen LogP contribution >= 0.6 is 23.2 Å². The van der Waals surface area contributed by atoms with Crippen LogP contribution in [0.15, 0.2) is 42.5 Å². The van der Waals surface area contributed by atoms with Crippen molar-refractivity contribution < 1.29 is 9.90 Å². The average molecular weight is 282 g/mol. The predicted molar refractivity (Wildman–Crippen MR) is 72.5 cm³/mol. The number of benzene rings is 2. The zero-order valence-electron chi connectivity index (χ0n) is 9.15. The molecule has 0 aromatic heterocycles. The van der Waals surface area contributed by atoms with Crippen LogP contribution in [0.1, 0.15) is 10.4 Å². The minimum absolute atomic E-state index is 0.0424. The molecule has 0 fully saturated rings. The van der Waals surface area contributed by atoms with Gasteiger partial charge in [0.2, 0.25) is 0 Å². The normalized spacial score (nSPS) is 10.1. The van der Waals surface area contributed by atoms with Gasteiger partial charge in [-0.2, -0.15) is 0 Å². The number of carbonyl (C=O) groups excluding carboxylic acids is 1. The number of aromatic hydroxyl groups is 1. The molecule has 0 radical (unpaired) electrons. The maximum absolute atomic E-state index is 11.9. The summed E-state index contributed by atoms with van der Waals surface area (Å²) in [5.74, 6) is -0.272. The van der Waals surface area contributed by atoms with Crippen molar-refractivity contribution in [1.29, 1.82) is 0 Å². The van der Waals surface area contributed by atoms with Crippen LogP contribution in [-0.4, -0.2) is 11.0 Å². The Kier molecular flexibility index (Phi) is 3.75. The lowest BCUT2D eigenvalue weighted by atomic mass is 10.2. The van der Waals surface area contributed by atoms with Gasteiger partial charge in [-0.3, -0.25) is 4.79 Å². The Labute approximate surface area is 114 Å². The molecule has 18 heavy (non-hydrogen) atoms. The summed E-state index contributed by atoms with van der Waals surface area (Å²) in [6.45, 7) is 0. The second-order valence-electron chi connectivity index (χ2n) is 3.63. The highest BCUT2D eigenvalue weighted by Gasteiger charge is 2.09. The van der Waals surface area contributed by atoms with Crippen LogP contribution in [0.25, 0.3) is 0 Å². The fraction of sp³-hybridized carbons (Fsp3) is 0. The van der Waals surface area contributed by atoms with Gasteiger partial charge in [0.25, 0.3) is 5.91 Å². The lowest BCUT2D eigenvalue weighted by molar-refractivity contribution is 0.102. The van der Waals surface area contributed by atoms with Crippen LogP contribution in [0.3, 0.4) is 0 Å². The van der Waals surface area contributed by atoms with Gasteiger partial charge >= 0.3 is 0 Å². The number of halogens is 2. The van der Waals surface area contributed by atoms with Crippen molar-refractivity contribution in [2.45, 2.75) is 0 Å². The number of amides is 1. The molecule has 0 aliphatic rings. The van der Waals surface area contributed by atoms with E-state index in [-0.39, 0.29) is 16.7 Å². The number of hydrogen-bond acceptors (Lipinski definition) is 2. The fourth-order valence-corrected chi connectivity index (χ4v) is 1.84. The van der Waals surface area contributed by atoms with Gasteiger partial charge in [-0.15, -0.1) is 0 Å². The largest absolute Gasteiger partial charge is 0.508 e. The first kappa shape index (κ1) is 12.7. The monoisotopic (exact) mass is 281 g/mol. The summed E-state index contributed by atoms with van der Waals surface area (Å²) in [5, 5.41) is 12.6. The smallest absolute Gasteiger partial charge is 0.255 e. The molecular weight excluding hydrogens is 273 g/mol. The first-order valence-electron chi connectivity index (χ1n) is 5.12. The molecule has 0 aliphatic heterocycles. The molecule has 0 atom stereocenters. The minimum atomic E-state index is -0.315. The van der Waals surface area contributed by atoms with Crippen LogP contribution in [0.5, 0.6) is 5.75 Å². The van der Waals surface area contributed by atoms with E-state index in [4.69, 9.17) is 23.2 Å². The average Bonchev–Trinajstić information content (AvgIpc) is 2.32. The lowest BCUT2D eigenvalue weighted by Crippen LogP contribution is -2.11. The SMILES string of the molecule is O=C(Nc1ccc(O)cc1Cl)c1cccc(Cl)c1. The highest BCUT2D eigenvalue weighted by Crippen LogP contribution is 2.26. The van der Waals surface area contributed by atoms with Crippen LogP contribution in [0.2, 0.25) is 10.0 Å². The molecule has 0 aliphatic carbocycles. The van der Waals surface area contributed by atoms with E-state index in [0.717, 1.165) is 0 Å². The molecule has 2 N–H and O–H groups in total. The molecule has 2 aromatic rings. The fourth-order valence-electron chi connectivity index (χ4n) is 1.43. The van der Waals surface area contributed by atoms with E-state index in [2.05, 4.69) is 5.32 Å². The van der Waals surface area contributed by atoms with Crippen molar-refractivity contribution in [1.82, 2.24) is 0 Å². The second-order valence-corrected chi connectivity index (χ2v) is 4.47. The molecular formula is C13H9Cl2NO2. The number of hydrogen-bond donors (Lipinski definition) is 2. The molecule has 92 valence electrons. The Bertz CT molecular complexity index is 599. The van der Waals surface area contributed by atoms with E-state index in [1.165, 1.54) is 18.2 Å². The Balaban J connectivity index is 2.21. The molecule has 3 nitrogen and oxygen atoms in total. The van der Waals surface area contributed by atoms with E-state index in [1.807, 2.05) is 0 Å². The predicted octanol–water partition coefficient (Wildman–Crippen LogP) is 3.95. The summed E-state index contributed by atoms with van der Waals surface area (Å²) in [5.41, 5.74) is 0.867. The molecule has 0 unspecified atom stereocenters. The quantitative estimate of drug-likeness (QED) is 0.819. The Morgan fingerprint density at radius 2 is 1.89 bits per heavy atom. The molecule has 2 aromatic carbocycles. The van der Waals surface area contributed by atoms with E-state index in [9.17, 15) is 9.90 Å². The summed E-state index contributed by atoms with van der Waals surface area (Å²) in [6, 6.07) is 10.9. The third-order valence-electron chi connectivity index (χ3n) is 2.29. The minimum Gasteiger partial charge on any atom is -0.508 e. The molecule has 0 spiro atoms. The summed E-state index contributed by atoms with van der Waals surface area (Å²) in [6.07, 6.45) is 0. The number of phenols is 1. The van der Waals surface area contributed by atoms with Crippen LogP contribution in [0.4, 0.5) is 5.69 Å². The Morgan fingerprint density at radius 3 is 2.56 bits per heavy atom. The zero-order valence-corrected chi connectivity index (χ0v) is 10.7. The maximum Gasteiger partial charge on any atom is 0.255 e. The highest BCUT2D eigenvalue weighted by molar-refractivity contribution is 6.34. The number of carbonyl (C=O) groups is 1. The second kappa shape index (κ2) is 5.29. The lowest BCUT2D eigenvalue weighted by Gasteiger charge is -2.07. The molecule has 0 bridgehead atoms. The van der Waals surface area contributed by atoms with E-state index in [0.29, 0.717) is 16.3 Å². The molecule has 0 heterocycles. The number of phenolic OH excluding ortho intramolecular Hbond substituents is 1. The van der Waals surface area contributed by atoms with E-state index < -0.39 is 0 Å². The zero-order chi connectivity index (χ0) is 13.1. The van der Waals surface area contributed by atoms with Gasteiger partial charge in [-0.05, 0) is 30.3 Å². The van der Waals surface area contributed by atoms with Crippen molar-refractivity contribution >= 4 is 34.8 Å². The van der Waals surface area contributed by atoms with Crippen LogP contribution < -0.4 is 5.32 Å². The number of anilines is 1. The third kappa shape index (κ3) is 2.94. The first-order chi connectivity index (χ1) is 8.56. The standard InChI is InChI=1S/C13H9Cl2NO2/c14-9-3-1-2-8(6-9)13(18)16-12-5-4-10(17)7-11(12)15/h1-7,17H,(H,16,18).